The Morgan fingerprint density at radius 2 is 1.70 bits per heavy atom. The highest BCUT2D eigenvalue weighted by Crippen LogP contribution is 2.45. The molecule has 2 heterocycles. The number of hydrogen-bond donors (Lipinski definition) is 0. The Morgan fingerprint density at radius 1 is 1.09 bits per heavy atom. The molecule has 0 radical (unpaired) electrons. The van der Waals surface area contributed by atoms with Crippen LogP contribution in [0.15, 0.2) is 0 Å². The summed E-state index contributed by atoms with van der Waals surface area (Å²) in [5.41, 5.74) is -0.488. The number of rotatable bonds is 2. The molecule has 0 aromatic heterocycles. The highest BCUT2D eigenvalue weighted by Gasteiger charge is 2.52. The molecule has 3 amide bonds. The van der Waals surface area contributed by atoms with Crippen LogP contribution < -0.4 is 0 Å². The lowest BCUT2D eigenvalue weighted by Gasteiger charge is -2.36. The fraction of sp³-hybridized carbons (Fsp3) is 0.833. The van der Waals surface area contributed by atoms with Gasteiger partial charge in [-0.25, -0.2) is 0 Å². The van der Waals surface area contributed by atoms with Crippen molar-refractivity contribution in [2.24, 2.45) is 17.3 Å². The number of carbonyl (C=O) groups excluding carboxylic acids is 3. The molecule has 0 N–H and O–H groups in total. The summed E-state index contributed by atoms with van der Waals surface area (Å²) in [4.78, 5) is 40.8. The van der Waals surface area contributed by atoms with Gasteiger partial charge in [-0.15, -0.1) is 0 Å². The van der Waals surface area contributed by atoms with E-state index < -0.39 is 5.41 Å². The zero-order valence-corrected chi connectivity index (χ0v) is 14.3. The summed E-state index contributed by atoms with van der Waals surface area (Å²) in [7, 11) is 0. The number of hydrogen-bond acceptors (Lipinski definition) is 3. The zero-order valence-electron chi connectivity index (χ0n) is 14.3. The largest absolute Gasteiger partial charge is 0.341 e. The molecular weight excluding hydrogens is 292 g/mol. The molecule has 0 aromatic rings. The molecule has 0 aromatic carbocycles. The van der Waals surface area contributed by atoms with Crippen molar-refractivity contribution in [1.29, 1.82) is 0 Å². The first-order chi connectivity index (χ1) is 10.9. The average Bonchev–Trinajstić information content (AvgIpc) is 2.71. The first-order valence-corrected chi connectivity index (χ1v) is 9.04. The third-order valence-corrected chi connectivity index (χ3v) is 5.82. The van der Waals surface area contributed by atoms with Crippen LogP contribution in [0.5, 0.6) is 0 Å². The summed E-state index contributed by atoms with van der Waals surface area (Å²) in [5.74, 6) is 0.657. The van der Waals surface area contributed by atoms with Crippen LogP contribution in [0.2, 0.25) is 0 Å². The molecule has 1 saturated carbocycles. The number of carbonyl (C=O) groups is 3. The van der Waals surface area contributed by atoms with Crippen molar-refractivity contribution in [2.45, 2.75) is 58.8 Å². The summed E-state index contributed by atoms with van der Waals surface area (Å²) < 4.78 is 0. The van der Waals surface area contributed by atoms with Gasteiger partial charge in [0, 0.05) is 19.5 Å². The fourth-order valence-corrected chi connectivity index (χ4v) is 4.74. The van der Waals surface area contributed by atoms with E-state index in [1.54, 1.807) is 0 Å². The normalized spacial score (nSPS) is 31.0. The van der Waals surface area contributed by atoms with E-state index in [2.05, 4.69) is 13.8 Å². The van der Waals surface area contributed by atoms with Crippen LogP contribution in [0.3, 0.4) is 0 Å². The summed E-state index contributed by atoms with van der Waals surface area (Å²) in [6.45, 7) is 5.73. The van der Waals surface area contributed by atoms with Gasteiger partial charge < -0.3 is 4.90 Å². The van der Waals surface area contributed by atoms with E-state index in [4.69, 9.17) is 0 Å². The van der Waals surface area contributed by atoms with E-state index in [-0.39, 0.29) is 24.3 Å². The van der Waals surface area contributed by atoms with Crippen molar-refractivity contribution < 1.29 is 14.4 Å². The van der Waals surface area contributed by atoms with Crippen LogP contribution in [0, 0.1) is 17.3 Å². The maximum absolute atomic E-state index is 12.8. The molecule has 2 atom stereocenters. The topological polar surface area (TPSA) is 57.7 Å². The number of imide groups is 1. The minimum atomic E-state index is -0.488. The molecule has 2 unspecified atom stereocenters. The van der Waals surface area contributed by atoms with Crippen molar-refractivity contribution >= 4 is 17.7 Å². The summed E-state index contributed by atoms with van der Waals surface area (Å²) in [5, 5.41) is 0. The van der Waals surface area contributed by atoms with Gasteiger partial charge >= 0.3 is 0 Å². The Bertz CT molecular complexity index is 500. The monoisotopic (exact) mass is 320 g/mol. The predicted octanol–water partition coefficient (Wildman–Crippen LogP) is 2.20. The minimum absolute atomic E-state index is 0.0567. The Morgan fingerprint density at radius 3 is 2.30 bits per heavy atom. The lowest BCUT2D eigenvalue weighted by atomic mass is 9.73. The molecule has 0 bridgehead atoms. The van der Waals surface area contributed by atoms with E-state index in [9.17, 15) is 14.4 Å². The van der Waals surface area contributed by atoms with E-state index in [1.165, 1.54) is 4.90 Å². The van der Waals surface area contributed by atoms with Crippen molar-refractivity contribution in [3.05, 3.63) is 0 Å². The third kappa shape index (κ3) is 3.15. The minimum Gasteiger partial charge on any atom is -0.341 e. The summed E-state index contributed by atoms with van der Waals surface area (Å²) in [6, 6.07) is 0. The van der Waals surface area contributed by atoms with Gasteiger partial charge in [-0.1, -0.05) is 33.1 Å². The van der Waals surface area contributed by atoms with Crippen LogP contribution in [0.25, 0.3) is 0 Å². The smallest absolute Gasteiger partial charge is 0.242 e. The number of nitrogens with zero attached hydrogens (tertiary/aromatic N) is 2. The Hall–Kier alpha value is -1.39. The molecule has 1 aliphatic carbocycles. The Balaban J connectivity index is 1.66. The van der Waals surface area contributed by atoms with Crippen LogP contribution in [0.4, 0.5) is 0 Å². The molecule has 1 spiro atoms. The molecule has 3 rings (SSSR count). The highest BCUT2D eigenvalue weighted by molar-refractivity contribution is 6.08. The Kier molecular flexibility index (Phi) is 4.47. The number of piperidine rings is 1. The first-order valence-electron chi connectivity index (χ1n) is 9.04. The maximum Gasteiger partial charge on any atom is 0.242 e. The average molecular weight is 320 g/mol. The van der Waals surface area contributed by atoms with Crippen molar-refractivity contribution in [2.75, 3.05) is 19.6 Å². The van der Waals surface area contributed by atoms with E-state index in [0.717, 1.165) is 51.6 Å². The summed E-state index contributed by atoms with van der Waals surface area (Å²) >= 11 is 0. The molecule has 23 heavy (non-hydrogen) atoms. The maximum atomic E-state index is 12.8. The van der Waals surface area contributed by atoms with Gasteiger partial charge in [0.1, 0.15) is 6.54 Å². The van der Waals surface area contributed by atoms with Gasteiger partial charge in [-0.2, -0.15) is 0 Å². The first kappa shape index (κ1) is 16.5. The van der Waals surface area contributed by atoms with E-state index >= 15 is 0 Å². The van der Waals surface area contributed by atoms with Crippen molar-refractivity contribution in [3.8, 4) is 0 Å². The van der Waals surface area contributed by atoms with Gasteiger partial charge in [0.2, 0.25) is 17.7 Å². The summed E-state index contributed by atoms with van der Waals surface area (Å²) in [6.07, 6.45) is 6.23. The van der Waals surface area contributed by atoms with Crippen LogP contribution in [-0.4, -0.2) is 47.2 Å². The molecule has 5 nitrogen and oxygen atoms in total. The number of likely N-dealkylation sites (tertiary alicyclic amines) is 2. The highest BCUT2D eigenvalue weighted by atomic mass is 16.2. The van der Waals surface area contributed by atoms with Gasteiger partial charge in [-0.05, 0) is 31.1 Å². The second kappa shape index (κ2) is 6.25. The lowest BCUT2D eigenvalue weighted by Crippen LogP contribution is -2.48. The second-order valence-electron chi connectivity index (χ2n) is 8.05. The predicted molar refractivity (Wildman–Crippen MR) is 86.4 cm³/mol. The Labute approximate surface area is 138 Å². The van der Waals surface area contributed by atoms with Crippen molar-refractivity contribution in [1.82, 2.24) is 9.80 Å². The molecule has 3 aliphatic rings. The molecule has 2 saturated heterocycles. The van der Waals surface area contributed by atoms with Gasteiger partial charge in [0.25, 0.3) is 0 Å². The second-order valence-corrected chi connectivity index (χ2v) is 8.05. The molecular formula is C18H28N2O3. The lowest BCUT2D eigenvalue weighted by molar-refractivity contribution is -0.148. The zero-order chi connectivity index (χ0) is 16.6. The quantitative estimate of drug-likeness (QED) is 0.733. The van der Waals surface area contributed by atoms with Crippen molar-refractivity contribution in [3.63, 3.8) is 0 Å². The molecule has 128 valence electrons. The van der Waals surface area contributed by atoms with E-state index in [1.807, 2.05) is 4.90 Å². The van der Waals surface area contributed by atoms with E-state index in [0.29, 0.717) is 18.3 Å². The molecule has 3 fully saturated rings. The SMILES string of the molecule is CC1CC(C)CN(C(=O)CN2C(=O)CC3(CCCCC3)C2=O)C1. The van der Waals surface area contributed by atoms with Gasteiger partial charge in [0.15, 0.2) is 0 Å². The van der Waals surface area contributed by atoms with Crippen LogP contribution in [-0.2, 0) is 14.4 Å². The third-order valence-electron chi connectivity index (χ3n) is 5.82. The molecule has 2 aliphatic heterocycles. The standard InChI is InChI=1S/C18H28N2O3/c1-13-8-14(2)11-19(10-13)16(22)12-20-15(21)9-18(17(20)23)6-4-3-5-7-18/h13-14H,3-12H2,1-2H3. The van der Waals surface area contributed by atoms with Crippen LogP contribution in [0.1, 0.15) is 58.8 Å². The fourth-order valence-electron chi connectivity index (χ4n) is 4.74. The van der Waals surface area contributed by atoms with Gasteiger partial charge in [0.05, 0.1) is 5.41 Å². The van der Waals surface area contributed by atoms with Crippen LogP contribution >= 0.6 is 0 Å². The van der Waals surface area contributed by atoms with Gasteiger partial charge in [-0.3, -0.25) is 19.3 Å². The molecule has 5 heteroatoms. The number of amides is 3.